The molecule has 4 heteroatoms. The van der Waals surface area contributed by atoms with Gasteiger partial charge in [-0.2, -0.15) is 0 Å². The third kappa shape index (κ3) is 2.32. The van der Waals surface area contributed by atoms with Crippen molar-refractivity contribution in [1.29, 1.82) is 0 Å². The number of likely N-dealkylation sites (tertiary alicyclic amines) is 1. The van der Waals surface area contributed by atoms with Crippen molar-refractivity contribution in [3.05, 3.63) is 24.1 Å². The number of nitrogens with zero attached hydrogens (tertiary/aromatic N) is 2. The Hall–Kier alpha value is -1.55. The standard InChI is InChI=1S/C15H21N3O/c1-10-5-3-6-11(2)18(10)9-14-17-15-12(16)7-4-8-13(15)19-14/h4,7-8,10-11H,3,5-6,9,16H2,1-2H3. The summed E-state index contributed by atoms with van der Waals surface area (Å²) < 4.78 is 5.82. The van der Waals surface area contributed by atoms with E-state index in [1.165, 1.54) is 19.3 Å². The SMILES string of the molecule is CC1CCCC(C)N1Cc1nc2c(N)cccc2o1. The van der Waals surface area contributed by atoms with Gasteiger partial charge >= 0.3 is 0 Å². The first kappa shape index (κ1) is 12.5. The molecule has 3 rings (SSSR count). The number of aromatic nitrogens is 1. The molecular formula is C15H21N3O. The van der Waals surface area contributed by atoms with Crippen molar-refractivity contribution >= 4 is 16.8 Å². The average molecular weight is 259 g/mol. The topological polar surface area (TPSA) is 55.3 Å². The van der Waals surface area contributed by atoms with Gasteiger partial charge in [0.15, 0.2) is 5.58 Å². The number of anilines is 1. The molecule has 1 aliphatic heterocycles. The Morgan fingerprint density at radius 1 is 1.32 bits per heavy atom. The number of hydrogen-bond acceptors (Lipinski definition) is 4. The minimum atomic E-state index is 0.594. The number of fused-ring (bicyclic) bond motifs is 1. The van der Waals surface area contributed by atoms with Gasteiger partial charge in [-0.3, -0.25) is 4.90 Å². The molecule has 0 radical (unpaired) electrons. The Morgan fingerprint density at radius 3 is 2.74 bits per heavy atom. The monoisotopic (exact) mass is 259 g/mol. The summed E-state index contributed by atoms with van der Waals surface area (Å²) in [7, 11) is 0. The summed E-state index contributed by atoms with van der Waals surface area (Å²) in [6.45, 7) is 5.34. The quantitative estimate of drug-likeness (QED) is 0.842. The number of nitrogen functional groups attached to an aromatic ring is 1. The largest absolute Gasteiger partial charge is 0.439 e. The molecule has 1 fully saturated rings. The minimum Gasteiger partial charge on any atom is -0.439 e. The number of hydrogen-bond donors (Lipinski definition) is 1. The van der Waals surface area contributed by atoms with Crippen molar-refractivity contribution in [1.82, 2.24) is 9.88 Å². The molecule has 102 valence electrons. The first-order chi connectivity index (χ1) is 9.15. The second-order valence-electron chi connectivity index (χ2n) is 5.60. The highest BCUT2D eigenvalue weighted by molar-refractivity contribution is 5.85. The van der Waals surface area contributed by atoms with Crippen molar-refractivity contribution in [2.45, 2.75) is 51.7 Å². The first-order valence-electron chi connectivity index (χ1n) is 7.05. The number of oxazole rings is 1. The number of benzene rings is 1. The minimum absolute atomic E-state index is 0.594. The highest BCUT2D eigenvalue weighted by Crippen LogP contribution is 2.26. The maximum absolute atomic E-state index is 5.92. The molecule has 0 aliphatic carbocycles. The van der Waals surface area contributed by atoms with E-state index in [1.807, 2.05) is 18.2 Å². The van der Waals surface area contributed by atoms with Crippen LogP contribution in [0.1, 0.15) is 39.0 Å². The average Bonchev–Trinajstić information content (AvgIpc) is 2.78. The van der Waals surface area contributed by atoms with Crippen LogP contribution >= 0.6 is 0 Å². The van der Waals surface area contributed by atoms with Gasteiger partial charge < -0.3 is 10.2 Å². The second kappa shape index (κ2) is 4.85. The smallest absolute Gasteiger partial charge is 0.209 e. The maximum atomic E-state index is 5.92. The number of para-hydroxylation sites is 1. The lowest BCUT2D eigenvalue weighted by atomic mass is 9.98. The summed E-state index contributed by atoms with van der Waals surface area (Å²) in [5.74, 6) is 0.772. The van der Waals surface area contributed by atoms with Crippen LogP contribution in [-0.4, -0.2) is 22.0 Å². The lowest BCUT2D eigenvalue weighted by Crippen LogP contribution is -2.43. The van der Waals surface area contributed by atoms with E-state index in [1.54, 1.807) is 0 Å². The number of piperidine rings is 1. The van der Waals surface area contributed by atoms with E-state index >= 15 is 0 Å². The fourth-order valence-electron chi connectivity index (χ4n) is 3.03. The second-order valence-corrected chi connectivity index (χ2v) is 5.60. The Labute approximate surface area is 113 Å². The predicted octanol–water partition coefficient (Wildman–Crippen LogP) is 3.17. The third-order valence-electron chi connectivity index (χ3n) is 4.19. The van der Waals surface area contributed by atoms with E-state index in [4.69, 9.17) is 10.2 Å². The van der Waals surface area contributed by atoms with Crippen LogP contribution in [0.15, 0.2) is 22.6 Å². The molecule has 2 aromatic rings. The van der Waals surface area contributed by atoms with E-state index < -0.39 is 0 Å². The fourth-order valence-corrected chi connectivity index (χ4v) is 3.03. The van der Waals surface area contributed by atoms with E-state index in [0.29, 0.717) is 17.8 Å². The van der Waals surface area contributed by atoms with Crippen LogP contribution in [0.4, 0.5) is 5.69 Å². The van der Waals surface area contributed by atoms with E-state index in [-0.39, 0.29) is 0 Å². The van der Waals surface area contributed by atoms with Gasteiger partial charge in [-0.05, 0) is 38.8 Å². The number of rotatable bonds is 2. The zero-order valence-electron chi connectivity index (χ0n) is 11.6. The van der Waals surface area contributed by atoms with E-state index in [0.717, 1.165) is 23.5 Å². The molecular weight excluding hydrogens is 238 g/mol. The van der Waals surface area contributed by atoms with Gasteiger partial charge in [0, 0.05) is 12.1 Å². The Bertz CT molecular complexity index is 568. The van der Waals surface area contributed by atoms with Crippen LogP contribution in [0, 0.1) is 0 Å². The van der Waals surface area contributed by atoms with Gasteiger partial charge in [0.1, 0.15) is 5.52 Å². The predicted molar refractivity (Wildman–Crippen MR) is 76.7 cm³/mol. The fraction of sp³-hybridized carbons (Fsp3) is 0.533. The zero-order valence-corrected chi connectivity index (χ0v) is 11.6. The van der Waals surface area contributed by atoms with Crippen molar-refractivity contribution in [3.63, 3.8) is 0 Å². The van der Waals surface area contributed by atoms with Crippen molar-refractivity contribution in [2.24, 2.45) is 0 Å². The highest BCUT2D eigenvalue weighted by atomic mass is 16.3. The molecule has 1 aliphatic rings. The van der Waals surface area contributed by atoms with Gasteiger partial charge in [0.25, 0.3) is 0 Å². The van der Waals surface area contributed by atoms with Gasteiger partial charge in [0.2, 0.25) is 5.89 Å². The molecule has 0 saturated carbocycles. The summed E-state index contributed by atoms with van der Waals surface area (Å²) in [6, 6.07) is 6.87. The van der Waals surface area contributed by atoms with Crippen LogP contribution in [0.2, 0.25) is 0 Å². The molecule has 2 N–H and O–H groups in total. The van der Waals surface area contributed by atoms with Crippen LogP contribution in [0.25, 0.3) is 11.1 Å². The summed E-state index contributed by atoms with van der Waals surface area (Å²) in [4.78, 5) is 7.02. The van der Waals surface area contributed by atoms with Crippen LogP contribution in [-0.2, 0) is 6.54 Å². The first-order valence-corrected chi connectivity index (χ1v) is 7.05. The zero-order chi connectivity index (χ0) is 13.4. The third-order valence-corrected chi connectivity index (χ3v) is 4.19. The lowest BCUT2D eigenvalue weighted by Gasteiger charge is -2.38. The van der Waals surface area contributed by atoms with Gasteiger partial charge in [0.05, 0.1) is 12.2 Å². The maximum Gasteiger partial charge on any atom is 0.209 e. The van der Waals surface area contributed by atoms with Gasteiger partial charge in [-0.25, -0.2) is 4.98 Å². The highest BCUT2D eigenvalue weighted by Gasteiger charge is 2.26. The van der Waals surface area contributed by atoms with Crippen molar-refractivity contribution in [3.8, 4) is 0 Å². The molecule has 2 heterocycles. The summed E-state index contributed by atoms with van der Waals surface area (Å²) in [5.41, 5.74) is 8.18. The molecule has 0 bridgehead atoms. The van der Waals surface area contributed by atoms with Crippen molar-refractivity contribution < 1.29 is 4.42 Å². The Balaban J connectivity index is 1.86. The van der Waals surface area contributed by atoms with E-state index in [2.05, 4.69) is 23.7 Å². The summed E-state index contributed by atoms with van der Waals surface area (Å²) in [6.07, 6.45) is 3.83. The molecule has 1 saturated heterocycles. The molecule has 1 aromatic carbocycles. The Kier molecular flexibility index (Phi) is 3.19. The van der Waals surface area contributed by atoms with Crippen LogP contribution in [0.3, 0.4) is 0 Å². The molecule has 2 atom stereocenters. The number of nitrogens with two attached hydrogens (primary N) is 1. The summed E-state index contributed by atoms with van der Waals surface area (Å²) in [5, 5.41) is 0. The lowest BCUT2D eigenvalue weighted by molar-refractivity contribution is 0.0858. The van der Waals surface area contributed by atoms with Crippen LogP contribution in [0.5, 0.6) is 0 Å². The van der Waals surface area contributed by atoms with Gasteiger partial charge in [-0.1, -0.05) is 12.5 Å². The van der Waals surface area contributed by atoms with Gasteiger partial charge in [-0.15, -0.1) is 0 Å². The summed E-state index contributed by atoms with van der Waals surface area (Å²) >= 11 is 0. The molecule has 1 aromatic heterocycles. The molecule has 0 amide bonds. The van der Waals surface area contributed by atoms with Crippen molar-refractivity contribution in [2.75, 3.05) is 5.73 Å². The molecule has 19 heavy (non-hydrogen) atoms. The molecule has 4 nitrogen and oxygen atoms in total. The molecule has 2 unspecified atom stereocenters. The Morgan fingerprint density at radius 2 is 2.05 bits per heavy atom. The van der Waals surface area contributed by atoms with E-state index in [9.17, 15) is 0 Å². The molecule has 0 spiro atoms. The van der Waals surface area contributed by atoms with Crippen LogP contribution < -0.4 is 5.73 Å². The normalized spacial score (nSPS) is 24.9.